The quantitative estimate of drug-likeness (QED) is 0.782. The first-order chi connectivity index (χ1) is 12.7. The molecule has 0 saturated carbocycles. The molecular formula is C18H24N4O4. The number of amides is 1. The summed E-state index contributed by atoms with van der Waals surface area (Å²) in [6, 6.07) is 7.61. The number of rotatable bonds is 6. The minimum atomic E-state index is -0.247. The van der Waals surface area contributed by atoms with Crippen molar-refractivity contribution in [2.24, 2.45) is 0 Å². The molecule has 1 amide bonds. The zero-order valence-corrected chi connectivity index (χ0v) is 15.2. The third kappa shape index (κ3) is 4.51. The summed E-state index contributed by atoms with van der Waals surface area (Å²) < 4.78 is 15.8. The lowest BCUT2D eigenvalue weighted by atomic mass is 10.2. The molecule has 0 bridgehead atoms. The zero-order valence-electron chi connectivity index (χ0n) is 15.2. The van der Waals surface area contributed by atoms with E-state index in [-0.39, 0.29) is 6.09 Å². The molecule has 140 valence electrons. The van der Waals surface area contributed by atoms with Crippen LogP contribution in [0, 0.1) is 0 Å². The minimum absolute atomic E-state index is 0.247. The standard InChI is InChI=1S/C18H24N4O4/c1-3-24-15-7-5-14(6-8-15)17-19-16(26-20-17)13-21-9-11-22(12-10-21)18(23)25-4-2/h5-8H,3-4,9-13H2,1-2H3. The van der Waals surface area contributed by atoms with Crippen LogP contribution in [0.4, 0.5) is 4.79 Å². The van der Waals surface area contributed by atoms with Crippen LogP contribution >= 0.6 is 0 Å². The average molecular weight is 360 g/mol. The molecule has 0 unspecified atom stereocenters. The average Bonchev–Trinajstić information content (AvgIpc) is 3.12. The fourth-order valence-corrected chi connectivity index (χ4v) is 2.80. The molecule has 1 aromatic heterocycles. The van der Waals surface area contributed by atoms with Crippen LogP contribution in [0.5, 0.6) is 5.75 Å². The highest BCUT2D eigenvalue weighted by Crippen LogP contribution is 2.20. The first kappa shape index (κ1) is 18.2. The van der Waals surface area contributed by atoms with Gasteiger partial charge in [-0.1, -0.05) is 5.16 Å². The Kier molecular flexibility index (Phi) is 6.06. The van der Waals surface area contributed by atoms with Gasteiger partial charge in [0.05, 0.1) is 19.8 Å². The highest BCUT2D eigenvalue weighted by atomic mass is 16.6. The van der Waals surface area contributed by atoms with E-state index in [1.165, 1.54) is 0 Å². The van der Waals surface area contributed by atoms with Gasteiger partial charge in [-0.05, 0) is 38.1 Å². The highest BCUT2D eigenvalue weighted by Gasteiger charge is 2.23. The van der Waals surface area contributed by atoms with E-state index < -0.39 is 0 Å². The fourth-order valence-electron chi connectivity index (χ4n) is 2.80. The monoisotopic (exact) mass is 360 g/mol. The Morgan fingerprint density at radius 2 is 1.85 bits per heavy atom. The van der Waals surface area contributed by atoms with Crippen LogP contribution in [0.1, 0.15) is 19.7 Å². The van der Waals surface area contributed by atoms with E-state index in [2.05, 4.69) is 15.0 Å². The van der Waals surface area contributed by atoms with Crippen LogP contribution in [0.25, 0.3) is 11.4 Å². The maximum atomic E-state index is 11.7. The molecule has 2 aromatic rings. The summed E-state index contributed by atoms with van der Waals surface area (Å²) in [6.07, 6.45) is -0.247. The van der Waals surface area contributed by atoms with Gasteiger partial charge in [-0.25, -0.2) is 4.79 Å². The number of nitrogens with zero attached hydrogens (tertiary/aromatic N) is 4. The number of benzene rings is 1. The summed E-state index contributed by atoms with van der Waals surface area (Å²) >= 11 is 0. The van der Waals surface area contributed by atoms with E-state index in [0.29, 0.717) is 44.6 Å². The number of ether oxygens (including phenoxy) is 2. The van der Waals surface area contributed by atoms with Crippen LogP contribution in [0.3, 0.4) is 0 Å². The number of piperazine rings is 1. The number of carbonyl (C=O) groups excluding carboxylic acids is 1. The predicted molar refractivity (Wildman–Crippen MR) is 94.8 cm³/mol. The van der Waals surface area contributed by atoms with Gasteiger partial charge < -0.3 is 18.9 Å². The van der Waals surface area contributed by atoms with Crippen molar-refractivity contribution in [2.75, 3.05) is 39.4 Å². The Balaban J connectivity index is 1.53. The molecule has 0 spiro atoms. The second-order valence-corrected chi connectivity index (χ2v) is 5.93. The molecule has 8 heteroatoms. The number of aromatic nitrogens is 2. The van der Waals surface area contributed by atoms with Crippen LogP contribution in [-0.2, 0) is 11.3 Å². The third-order valence-electron chi connectivity index (χ3n) is 4.15. The summed E-state index contributed by atoms with van der Waals surface area (Å²) in [7, 11) is 0. The van der Waals surface area contributed by atoms with Crippen molar-refractivity contribution in [1.29, 1.82) is 0 Å². The largest absolute Gasteiger partial charge is 0.494 e. The normalized spacial score (nSPS) is 15.1. The van der Waals surface area contributed by atoms with Crippen molar-refractivity contribution < 1.29 is 18.8 Å². The van der Waals surface area contributed by atoms with E-state index in [9.17, 15) is 4.79 Å². The van der Waals surface area contributed by atoms with Gasteiger partial charge in [0.15, 0.2) is 0 Å². The minimum Gasteiger partial charge on any atom is -0.494 e. The highest BCUT2D eigenvalue weighted by molar-refractivity contribution is 5.67. The fraction of sp³-hybridized carbons (Fsp3) is 0.500. The van der Waals surface area contributed by atoms with Gasteiger partial charge in [-0.3, -0.25) is 4.90 Å². The van der Waals surface area contributed by atoms with Crippen LogP contribution in [0.15, 0.2) is 28.8 Å². The molecule has 0 radical (unpaired) electrons. The first-order valence-electron chi connectivity index (χ1n) is 8.89. The van der Waals surface area contributed by atoms with E-state index >= 15 is 0 Å². The molecule has 8 nitrogen and oxygen atoms in total. The molecule has 1 aliphatic rings. The van der Waals surface area contributed by atoms with Crippen molar-refractivity contribution >= 4 is 6.09 Å². The molecule has 26 heavy (non-hydrogen) atoms. The van der Waals surface area contributed by atoms with Gasteiger partial charge in [0.25, 0.3) is 0 Å². The lowest BCUT2D eigenvalue weighted by Crippen LogP contribution is -2.48. The molecule has 1 aromatic carbocycles. The molecule has 3 rings (SSSR count). The van der Waals surface area contributed by atoms with Gasteiger partial charge in [0, 0.05) is 31.7 Å². The summed E-state index contributed by atoms with van der Waals surface area (Å²) in [5.74, 6) is 1.95. The second-order valence-electron chi connectivity index (χ2n) is 5.93. The van der Waals surface area contributed by atoms with E-state index in [0.717, 1.165) is 24.4 Å². The molecule has 1 aliphatic heterocycles. The Bertz CT molecular complexity index is 708. The zero-order chi connectivity index (χ0) is 18.4. The smallest absolute Gasteiger partial charge is 0.409 e. The van der Waals surface area contributed by atoms with Gasteiger partial charge in [-0.2, -0.15) is 4.98 Å². The van der Waals surface area contributed by atoms with Crippen LogP contribution in [-0.4, -0.2) is 65.4 Å². The predicted octanol–water partition coefficient (Wildman–Crippen LogP) is 2.41. The van der Waals surface area contributed by atoms with Crippen LogP contribution < -0.4 is 4.74 Å². The van der Waals surface area contributed by atoms with Crippen molar-refractivity contribution in [2.45, 2.75) is 20.4 Å². The van der Waals surface area contributed by atoms with Crippen molar-refractivity contribution in [3.05, 3.63) is 30.2 Å². The lowest BCUT2D eigenvalue weighted by molar-refractivity contribution is 0.0749. The van der Waals surface area contributed by atoms with E-state index in [1.807, 2.05) is 38.1 Å². The Morgan fingerprint density at radius 3 is 2.50 bits per heavy atom. The molecule has 2 heterocycles. The molecule has 1 saturated heterocycles. The van der Waals surface area contributed by atoms with Gasteiger partial charge >= 0.3 is 6.09 Å². The summed E-state index contributed by atoms with van der Waals surface area (Å²) in [6.45, 7) is 8.14. The number of hydrogen-bond donors (Lipinski definition) is 0. The first-order valence-corrected chi connectivity index (χ1v) is 8.89. The number of carbonyl (C=O) groups is 1. The van der Waals surface area contributed by atoms with E-state index in [1.54, 1.807) is 4.90 Å². The van der Waals surface area contributed by atoms with E-state index in [4.69, 9.17) is 14.0 Å². The SMILES string of the molecule is CCOC(=O)N1CCN(Cc2nc(-c3ccc(OCC)cc3)no2)CC1. The van der Waals surface area contributed by atoms with Crippen molar-refractivity contribution in [3.8, 4) is 17.1 Å². The summed E-state index contributed by atoms with van der Waals surface area (Å²) in [5, 5.41) is 4.06. The summed E-state index contributed by atoms with van der Waals surface area (Å²) in [4.78, 5) is 20.1. The number of hydrogen-bond acceptors (Lipinski definition) is 7. The Hall–Kier alpha value is -2.61. The Morgan fingerprint density at radius 1 is 1.12 bits per heavy atom. The molecule has 1 fully saturated rings. The maximum Gasteiger partial charge on any atom is 0.409 e. The Labute approximate surface area is 152 Å². The maximum absolute atomic E-state index is 11.7. The van der Waals surface area contributed by atoms with Crippen molar-refractivity contribution in [3.63, 3.8) is 0 Å². The second kappa shape index (κ2) is 8.66. The van der Waals surface area contributed by atoms with Gasteiger partial charge in [0.2, 0.25) is 11.7 Å². The molecule has 0 atom stereocenters. The van der Waals surface area contributed by atoms with Gasteiger partial charge in [0.1, 0.15) is 5.75 Å². The van der Waals surface area contributed by atoms with Crippen molar-refractivity contribution in [1.82, 2.24) is 19.9 Å². The topological polar surface area (TPSA) is 80.9 Å². The molecule has 0 aliphatic carbocycles. The molecule has 0 N–H and O–H groups in total. The van der Waals surface area contributed by atoms with Crippen LogP contribution in [0.2, 0.25) is 0 Å². The van der Waals surface area contributed by atoms with Gasteiger partial charge in [-0.15, -0.1) is 0 Å². The molecular weight excluding hydrogens is 336 g/mol. The third-order valence-corrected chi connectivity index (χ3v) is 4.15. The summed E-state index contributed by atoms with van der Waals surface area (Å²) in [5.41, 5.74) is 0.885. The lowest BCUT2D eigenvalue weighted by Gasteiger charge is -2.33.